The average molecular weight is 357 g/mol. The van der Waals surface area contributed by atoms with Crippen LogP contribution in [0.5, 0.6) is 0 Å². The maximum absolute atomic E-state index is 12.9. The van der Waals surface area contributed by atoms with Gasteiger partial charge in [-0.3, -0.25) is 9.59 Å². The molecule has 0 unspecified atom stereocenters. The van der Waals surface area contributed by atoms with Gasteiger partial charge in [0.1, 0.15) is 12.4 Å². The van der Waals surface area contributed by atoms with Crippen LogP contribution < -0.4 is 0 Å². The number of aromatic nitrogens is 2. The predicted octanol–water partition coefficient (Wildman–Crippen LogP) is 0.906. The van der Waals surface area contributed by atoms with E-state index in [1.165, 1.54) is 0 Å². The molecule has 2 amide bonds. The minimum absolute atomic E-state index is 0.0487. The van der Waals surface area contributed by atoms with Gasteiger partial charge >= 0.3 is 0 Å². The van der Waals surface area contributed by atoms with E-state index in [-0.39, 0.29) is 18.4 Å². The van der Waals surface area contributed by atoms with Crippen LogP contribution in [-0.2, 0) is 11.2 Å². The summed E-state index contributed by atoms with van der Waals surface area (Å²) in [6.45, 7) is 4.18. The van der Waals surface area contributed by atoms with Crippen LogP contribution in [0, 0.1) is 0 Å². The molecule has 1 aromatic rings. The van der Waals surface area contributed by atoms with Crippen molar-refractivity contribution in [3.05, 3.63) is 23.3 Å². The van der Waals surface area contributed by atoms with Gasteiger partial charge in [-0.1, -0.05) is 0 Å². The molecule has 1 aliphatic carbocycles. The lowest BCUT2D eigenvalue weighted by Gasteiger charge is -2.26. The van der Waals surface area contributed by atoms with Crippen LogP contribution in [0.4, 0.5) is 0 Å². The van der Waals surface area contributed by atoms with Gasteiger partial charge in [-0.15, -0.1) is 0 Å². The molecule has 0 bridgehead atoms. The molecule has 7 heteroatoms. The third-order valence-electron chi connectivity index (χ3n) is 5.59. The van der Waals surface area contributed by atoms with E-state index in [1.807, 2.05) is 4.90 Å². The second-order valence-electron chi connectivity index (χ2n) is 7.73. The lowest BCUT2D eigenvalue weighted by atomic mass is 10.1. The van der Waals surface area contributed by atoms with Gasteiger partial charge in [-0.25, -0.2) is 9.97 Å². The highest BCUT2D eigenvalue weighted by Crippen LogP contribution is 2.38. The fraction of sp³-hybridized carbons (Fsp3) is 0.684. The third-order valence-corrected chi connectivity index (χ3v) is 5.59. The van der Waals surface area contributed by atoms with E-state index in [2.05, 4.69) is 21.9 Å². The number of hydrogen-bond donors (Lipinski definition) is 0. The standard InChI is InChI=1S/C19H27N5O2/c1-22-7-3-9-23(11-10-22)17(25)13-24-8-2-4-16-15(19(24)26)12-20-18(21-16)14-5-6-14/h12,14H,2-11,13H2,1H3. The maximum Gasteiger partial charge on any atom is 0.257 e. The smallest absolute Gasteiger partial charge is 0.257 e. The van der Waals surface area contributed by atoms with Crippen molar-refractivity contribution in [1.82, 2.24) is 24.7 Å². The Kier molecular flexibility index (Phi) is 4.89. The summed E-state index contributed by atoms with van der Waals surface area (Å²) >= 11 is 0. The van der Waals surface area contributed by atoms with Crippen molar-refractivity contribution in [2.75, 3.05) is 46.3 Å². The molecular formula is C19H27N5O2. The lowest BCUT2D eigenvalue weighted by Crippen LogP contribution is -2.44. The van der Waals surface area contributed by atoms with Crippen LogP contribution in [-0.4, -0.2) is 82.8 Å². The van der Waals surface area contributed by atoms with Crippen molar-refractivity contribution < 1.29 is 9.59 Å². The van der Waals surface area contributed by atoms with Gasteiger partial charge in [-0.05, 0) is 45.7 Å². The van der Waals surface area contributed by atoms with Crippen LogP contribution in [0.3, 0.4) is 0 Å². The quantitative estimate of drug-likeness (QED) is 0.804. The Morgan fingerprint density at radius 3 is 2.81 bits per heavy atom. The molecule has 2 fully saturated rings. The topological polar surface area (TPSA) is 69.6 Å². The van der Waals surface area contributed by atoms with Crippen molar-refractivity contribution in [2.24, 2.45) is 0 Å². The summed E-state index contributed by atoms with van der Waals surface area (Å²) in [6.07, 6.45) is 6.59. The number of carbonyl (C=O) groups is 2. The van der Waals surface area contributed by atoms with Gasteiger partial charge in [-0.2, -0.15) is 0 Å². The lowest BCUT2D eigenvalue weighted by molar-refractivity contribution is -0.131. The average Bonchev–Trinajstić information content (AvgIpc) is 3.47. The molecule has 3 aliphatic rings. The highest BCUT2D eigenvalue weighted by molar-refractivity contribution is 5.97. The van der Waals surface area contributed by atoms with E-state index in [4.69, 9.17) is 0 Å². The SMILES string of the molecule is CN1CCCN(C(=O)CN2CCCc3nc(C4CC4)ncc3C2=O)CC1. The highest BCUT2D eigenvalue weighted by Gasteiger charge is 2.31. The summed E-state index contributed by atoms with van der Waals surface area (Å²) in [4.78, 5) is 40.6. The molecular weight excluding hydrogens is 330 g/mol. The molecule has 1 saturated heterocycles. The second-order valence-corrected chi connectivity index (χ2v) is 7.73. The zero-order chi connectivity index (χ0) is 18.1. The van der Waals surface area contributed by atoms with Crippen LogP contribution in [0.15, 0.2) is 6.20 Å². The molecule has 0 N–H and O–H groups in total. The van der Waals surface area contributed by atoms with E-state index in [1.54, 1.807) is 11.1 Å². The van der Waals surface area contributed by atoms with E-state index in [0.29, 0.717) is 18.0 Å². The number of likely N-dealkylation sites (N-methyl/N-ethyl adjacent to an activating group) is 1. The number of amides is 2. The van der Waals surface area contributed by atoms with Gasteiger partial charge in [0.15, 0.2) is 0 Å². The van der Waals surface area contributed by atoms with Crippen LogP contribution >= 0.6 is 0 Å². The Morgan fingerprint density at radius 1 is 1.15 bits per heavy atom. The fourth-order valence-electron chi connectivity index (χ4n) is 3.76. The molecule has 0 atom stereocenters. The fourth-order valence-corrected chi connectivity index (χ4v) is 3.76. The highest BCUT2D eigenvalue weighted by atomic mass is 16.2. The molecule has 1 saturated carbocycles. The minimum atomic E-state index is -0.0971. The Hall–Kier alpha value is -2.02. The monoisotopic (exact) mass is 357 g/mol. The summed E-state index contributed by atoms with van der Waals surface area (Å²) in [5.74, 6) is 1.32. The number of rotatable bonds is 3. The van der Waals surface area contributed by atoms with Crippen LogP contribution in [0.2, 0.25) is 0 Å². The van der Waals surface area contributed by atoms with E-state index in [9.17, 15) is 9.59 Å². The normalized spacial score (nSPS) is 22.0. The molecule has 3 heterocycles. The Balaban J connectivity index is 1.45. The molecule has 2 aliphatic heterocycles. The van der Waals surface area contributed by atoms with Gasteiger partial charge in [0.05, 0.1) is 11.3 Å². The number of aryl methyl sites for hydroxylation is 1. The summed E-state index contributed by atoms with van der Waals surface area (Å²) in [5, 5.41) is 0. The predicted molar refractivity (Wildman–Crippen MR) is 96.9 cm³/mol. The number of fused-ring (bicyclic) bond motifs is 1. The first-order valence-corrected chi connectivity index (χ1v) is 9.73. The van der Waals surface area contributed by atoms with Crippen molar-refractivity contribution >= 4 is 11.8 Å². The van der Waals surface area contributed by atoms with E-state index >= 15 is 0 Å². The number of nitrogens with zero attached hydrogens (tertiary/aromatic N) is 5. The summed E-state index contributed by atoms with van der Waals surface area (Å²) in [7, 11) is 2.08. The zero-order valence-corrected chi connectivity index (χ0v) is 15.5. The second kappa shape index (κ2) is 7.31. The maximum atomic E-state index is 12.9. The molecule has 1 aromatic heterocycles. The molecule has 0 spiro atoms. The Morgan fingerprint density at radius 2 is 2.00 bits per heavy atom. The van der Waals surface area contributed by atoms with Crippen molar-refractivity contribution in [3.63, 3.8) is 0 Å². The van der Waals surface area contributed by atoms with E-state index in [0.717, 1.165) is 69.8 Å². The first-order valence-electron chi connectivity index (χ1n) is 9.73. The largest absolute Gasteiger partial charge is 0.340 e. The van der Waals surface area contributed by atoms with Gasteiger partial charge in [0.2, 0.25) is 5.91 Å². The van der Waals surface area contributed by atoms with Crippen molar-refractivity contribution in [3.8, 4) is 0 Å². The molecule has 7 nitrogen and oxygen atoms in total. The van der Waals surface area contributed by atoms with Crippen LogP contribution in [0.1, 0.15) is 53.5 Å². The third kappa shape index (κ3) is 3.72. The first-order chi connectivity index (χ1) is 12.6. The molecule has 0 aromatic carbocycles. The van der Waals surface area contributed by atoms with Gasteiger partial charge in [0, 0.05) is 38.3 Å². The minimum Gasteiger partial charge on any atom is -0.340 e. The zero-order valence-electron chi connectivity index (χ0n) is 15.5. The molecule has 0 radical (unpaired) electrons. The van der Waals surface area contributed by atoms with Gasteiger partial charge in [0.25, 0.3) is 5.91 Å². The summed E-state index contributed by atoms with van der Waals surface area (Å²) < 4.78 is 0. The Bertz CT molecular complexity index is 703. The van der Waals surface area contributed by atoms with Crippen molar-refractivity contribution in [1.29, 1.82) is 0 Å². The van der Waals surface area contributed by atoms with Crippen molar-refractivity contribution in [2.45, 2.75) is 38.0 Å². The van der Waals surface area contributed by atoms with Gasteiger partial charge < -0.3 is 14.7 Å². The summed E-state index contributed by atoms with van der Waals surface area (Å²) in [6, 6.07) is 0. The van der Waals surface area contributed by atoms with E-state index < -0.39 is 0 Å². The van der Waals surface area contributed by atoms with Crippen LogP contribution in [0.25, 0.3) is 0 Å². The molecule has 140 valence electrons. The Labute approximate surface area is 154 Å². The number of hydrogen-bond acceptors (Lipinski definition) is 5. The molecule has 4 rings (SSSR count). The number of carbonyl (C=O) groups excluding carboxylic acids is 2. The molecule has 26 heavy (non-hydrogen) atoms. The summed E-state index contributed by atoms with van der Waals surface area (Å²) in [5.41, 5.74) is 1.44. The first kappa shape index (κ1) is 17.4.